The highest BCUT2D eigenvalue weighted by Crippen LogP contribution is 2.32. The summed E-state index contributed by atoms with van der Waals surface area (Å²) in [5, 5.41) is 3.34. The Hall–Kier alpha value is -1.73. The fourth-order valence-corrected chi connectivity index (χ4v) is 2.91. The van der Waals surface area contributed by atoms with Gasteiger partial charge >= 0.3 is 5.97 Å². The number of benzene rings is 1. The van der Waals surface area contributed by atoms with E-state index in [9.17, 15) is 14.0 Å². The lowest BCUT2D eigenvalue weighted by Crippen LogP contribution is -2.12. The summed E-state index contributed by atoms with van der Waals surface area (Å²) in [6.45, 7) is 0. The molecule has 4 nitrogen and oxygen atoms in total. The van der Waals surface area contributed by atoms with Crippen molar-refractivity contribution in [2.24, 2.45) is 5.92 Å². The van der Waals surface area contributed by atoms with Gasteiger partial charge in [0.25, 0.3) is 0 Å². The van der Waals surface area contributed by atoms with Gasteiger partial charge in [-0.1, -0.05) is 15.9 Å². The van der Waals surface area contributed by atoms with E-state index in [1.165, 1.54) is 12.1 Å². The molecule has 0 atom stereocenters. The van der Waals surface area contributed by atoms with Crippen molar-refractivity contribution in [1.82, 2.24) is 0 Å². The summed E-state index contributed by atoms with van der Waals surface area (Å²) in [7, 11) is 0. The Morgan fingerprint density at radius 1 is 1.27 bits per heavy atom. The first-order valence-corrected chi connectivity index (χ1v) is 8.22. The molecule has 1 aliphatic rings. The van der Waals surface area contributed by atoms with Gasteiger partial charge in [-0.3, -0.25) is 4.79 Å². The van der Waals surface area contributed by atoms with E-state index in [0.29, 0.717) is 14.4 Å². The number of hydrogen-bond donors (Lipinski definition) is 1. The number of carbonyl (C=O) groups excluding carboxylic acids is 2. The summed E-state index contributed by atoms with van der Waals surface area (Å²) >= 11 is 4.24. The van der Waals surface area contributed by atoms with Gasteiger partial charge in [0.15, 0.2) is 11.6 Å². The molecule has 0 saturated heterocycles. The lowest BCUT2D eigenvalue weighted by Gasteiger charge is -2.04. The lowest BCUT2D eigenvalue weighted by atomic mass is 10.3. The molecule has 1 heterocycles. The van der Waals surface area contributed by atoms with Crippen LogP contribution in [-0.2, 0) is 4.79 Å². The maximum Gasteiger partial charge on any atom is 0.353 e. The average Bonchev–Trinajstić information content (AvgIpc) is 3.22. The number of nitrogens with one attached hydrogen (secondary N) is 1. The molecule has 2 aromatic rings. The van der Waals surface area contributed by atoms with Crippen molar-refractivity contribution >= 4 is 44.1 Å². The number of hydrogen-bond acceptors (Lipinski definition) is 4. The van der Waals surface area contributed by atoms with E-state index in [4.69, 9.17) is 4.74 Å². The van der Waals surface area contributed by atoms with Crippen LogP contribution in [0.3, 0.4) is 0 Å². The molecule has 0 spiro atoms. The molecule has 7 heteroatoms. The predicted molar refractivity (Wildman–Crippen MR) is 84.7 cm³/mol. The first-order valence-electron chi connectivity index (χ1n) is 6.61. The van der Waals surface area contributed by atoms with Gasteiger partial charge in [0.1, 0.15) is 4.88 Å². The number of esters is 1. The van der Waals surface area contributed by atoms with Crippen molar-refractivity contribution in [3.63, 3.8) is 0 Å². The van der Waals surface area contributed by atoms with Gasteiger partial charge in [0.2, 0.25) is 5.91 Å². The van der Waals surface area contributed by atoms with Gasteiger partial charge in [0, 0.05) is 10.4 Å². The monoisotopic (exact) mass is 383 g/mol. The van der Waals surface area contributed by atoms with Crippen molar-refractivity contribution in [3.05, 3.63) is 45.5 Å². The minimum absolute atomic E-state index is 0.0271. The first-order chi connectivity index (χ1) is 10.5. The van der Waals surface area contributed by atoms with Crippen molar-refractivity contribution in [2.45, 2.75) is 12.8 Å². The third-order valence-corrected chi connectivity index (χ3v) is 4.57. The smallest absolute Gasteiger partial charge is 0.353 e. The summed E-state index contributed by atoms with van der Waals surface area (Å²) < 4.78 is 19.2. The minimum Gasteiger partial charge on any atom is -0.419 e. The van der Waals surface area contributed by atoms with Crippen LogP contribution in [0.4, 0.5) is 9.39 Å². The summed E-state index contributed by atoms with van der Waals surface area (Å²) in [6, 6.07) is 7.37. The highest BCUT2D eigenvalue weighted by atomic mass is 79.9. The maximum absolute atomic E-state index is 13.6. The molecule has 1 saturated carbocycles. The highest BCUT2D eigenvalue weighted by Gasteiger charge is 2.30. The van der Waals surface area contributed by atoms with Crippen molar-refractivity contribution in [1.29, 1.82) is 0 Å². The number of thiophene rings is 1. The zero-order chi connectivity index (χ0) is 15.7. The van der Waals surface area contributed by atoms with E-state index in [-0.39, 0.29) is 17.6 Å². The van der Waals surface area contributed by atoms with Crippen LogP contribution in [0, 0.1) is 11.7 Å². The Balaban J connectivity index is 1.67. The van der Waals surface area contributed by atoms with E-state index < -0.39 is 11.8 Å². The van der Waals surface area contributed by atoms with E-state index in [1.54, 1.807) is 18.2 Å². The fourth-order valence-electron chi connectivity index (χ4n) is 1.79. The predicted octanol–water partition coefficient (Wildman–Crippen LogP) is 4.22. The quantitative estimate of drug-likeness (QED) is 0.635. The number of amides is 1. The van der Waals surface area contributed by atoms with Gasteiger partial charge < -0.3 is 10.1 Å². The molecule has 114 valence electrons. The van der Waals surface area contributed by atoms with Gasteiger partial charge in [0.05, 0.1) is 5.00 Å². The van der Waals surface area contributed by atoms with Crippen LogP contribution in [0.5, 0.6) is 5.75 Å². The van der Waals surface area contributed by atoms with E-state index >= 15 is 0 Å². The maximum atomic E-state index is 13.6. The molecule has 22 heavy (non-hydrogen) atoms. The molecule has 1 aromatic carbocycles. The average molecular weight is 384 g/mol. The van der Waals surface area contributed by atoms with Gasteiger partial charge in [-0.05, 0) is 43.2 Å². The summed E-state index contributed by atoms with van der Waals surface area (Å²) in [4.78, 5) is 23.9. The molecule has 3 rings (SSSR count). The molecular formula is C15H11BrFNO3S. The molecule has 0 bridgehead atoms. The van der Waals surface area contributed by atoms with E-state index in [1.807, 2.05) is 0 Å². The van der Waals surface area contributed by atoms with Crippen LogP contribution >= 0.6 is 27.3 Å². The van der Waals surface area contributed by atoms with Crippen LogP contribution in [0.25, 0.3) is 0 Å². The Kier molecular flexibility index (Phi) is 4.26. The second kappa shape index (κ2) is 6.18. The normalized spacial score (nSPS) is 13.7. The second-order valence-corrected chi connectivity index (χ2v) is 6.89. The molecular weight excluding hydrogens is 373 g/mol. The Morgan fingerprint density at radius 2 is 2.05 bits per heavy atom. The van der Waals surface area contributed by atoms with E-state index in [0.717, 1.165) is 24.2 Å². The van der Waals surface area contributed by atoms with Crippen molar-refractivity contribution in [2.75, 3.05) is 5.32 Å². The standard InChI is InChI=1S/C15H11BrFNO3S/c16-9-3-4-11(10(17)7-9)21-15(20)12-5-6-13(22-12)18-14(19)8-1-2-8/h3-8H,1-2H2,(H,18,19). The number of rotatable bonds is 4. The van der Waals surface area contributed by atoms with Gasteiger partial charge in [-0.25, -0.2) is 9.18 Å². The molecule has 0 radical (unpaired) electrons. The van der Waals surface area contributed by atoms with Gasteiger partial charge in [-0.2, -0.15) is 0 Å². The van der Waals surface area contributed by atoms with Crippen LogP contribution in [0.2, 0.25) is 0 Å². The molecule has 1 N–H and O–H groups in total. The fraction of sp³-hybridized carbons (Fsp3) is 0.200. The molecule has 0 aliphatic heterocycles. The largest absolute Gasteiger partial charge is 0.419 e. The SMILES string of the molecule is O=C(Oc1ccc(Br)cc1F)c1ccc(NC(=O)C2CC2)s1. The number of carbonyl (C=O) groups is 2. The third kappa shape index (κ3) is 3.53. The van der Waals surface area contributed by atoms with Crippen LogP contribution in [0.15, 0.2) is 34.8 Å². The van der Waals surface area contributed by atoms with Crippen LogP contribution in [-0.4, -0.2) is 11.9 Å². The Morgan fingerprint density at radius 3 is 2.73 bits per heavy atom. The molecule has 1 aromatic heterocycles. The van der Waals surface area contributed by atoms with E-state index in [2.05, 4.69) is 21.2 Å². The highest BCUT2D eigenvalue weighted by molar-refractivity contribution is 9.10. The van der Waals surface area contributed by atoms with Crippen molar-refractivity contribution < 1.29 is 18.7 Å². The zero-order valence-electron chi connectivity index (χ0n) is 11.3. The molecule has 0 unspecified atom stereocenters. The number of ether oxygens (including phenoxy) is 1. The number of halogens is 2. The Labute approximate surface area is 138 Å². The minimum atomic E-state index is -0.654. The summed E-state index contributed by atoms with van der Waals surface area (Å²) in [6.07, 6.45) is 1.82. The third-order valence-electron chi connectivity index (χ3n) is 3.10. The molecule has 1 aliphatic carbocycles. The van der Waals surface area contributed by atoms with Gasteiger partial charge in [-0.15, -0.1) is 11.3 Å². The van der Waals surface area contributed by atoms with Crippen molar-refractivity contribution in [3.8, 4) is 5.75 Å². The first kappa shape index (κ1) is 15.2. The lowest BCUT2D eigenvalue weighted by molar-refractivity contribution is -0.117. The number of anilines is 1. The molecule has 1 fully saturated rings. The van der Waals surface area contributed by atoms with Crippen LogP contribution < -0.4 is 10.1 Å². The summed E-state index contributed by atoms with van der Waals surface area (Å²) in [5.41, 5.74) is 0. The Bertz CT molecular complexity index is 742. The molecule has 1 amide bonds. The second-order valence-electron chi connectivity index (χ2n) is 4.89. The van der Waals surface area contributed by atoms with Crippen LogP contribution in [0.1, 0.15) is 22.5 Å². The zero-order valence-corrected chi connectivity index (χ0v) is 13.7. The summed E-state index contributed by atoms with van der Waals surface area (Å²) in [5.74, 6) is -1.35. The topological polar surface area (TPSA) is 55.4 Å².